The largest absolute Gasteiger partial charge is 0.481 e. The normalized spacial score (nSPS) is 21.4. The third-order valence-electron chi connectivity index (χ3n) is 3.11. The van der Waals surface area contributed by atoms with Crippen LogP contribution in [-0.2, 0) is 21.5 Å². The van der Waals surface area contributed by atoms with Gasteiger partial charge in [0.25, 0.3) is 10.2 Å². The van der Waals surface area contributed by atoms with Gasteiger partial charge in [0.05, 0.1) is 5.92 Å². The molecule has 0 aromatic carbocycles. The molecule has 6 nitrogen and oxygen atoms in total. The van der Waals surface area contributed by atoms with Gasteiger partial charge in [0.1, 0.15) is 0 Å². The van der Waals surface area contributed by atoms with Gasteiger partial charge in [-0.05, 0) is 35.2 Å². The number of thiophene rings is 1. The number of rotatable bonds is 5. The first kappa shape index (κ1) is 14.4. The van der Waals surface area contributed by atoms with Crippen molar-refractivity contribution in [2.45, 2.75) is 19.4 Å². The van der Waals surface area contributed by atoms with Gasteiger partial charge < -0.3 is 5.11 Å². The second-order valence-corrected chi connectivity index (χ2v) is 7.03. The smallest absolute Gasteiger partial charge is 0.307 e. The van der Waals surface area contributed by atoms with Crippen LogP contribution < -0.4 is 4.72 Å². The number of nitrogens with zero attached hydrogens (tertiary/aromatic N) is 1. The minimum atomic E-state index is -3.60. The van der Waals surface area contributed by atoms with Crippen molar-refractivity contribution in [2.24, 2.45) is 5.92 Å². The van der Waals surface area contributed by atoms with E-state index in [1.165, 1.54) is 15.6 Å². The van der Waals surface area contributed by atoms with Crippen molar-refractivity contribution in [1.82, 2.24) is 9.03 Å². The van der Waals surface area contributed by atoms with Gasteiger partial charge in [-0.25, -0.2) is 0 Å². The Morgan fingerprint density at radius 1 is 1.58 bits per heavy atom. The lowest BCUT2D eigenvalue weighted by molar-refractivity contribution is -0.142. The average Bonchev–Trinajstić information content (AvgIpc) is 2.90. The summed E-state index contributed by atoms with van der Waals surface area (Å²) >= 11 is 1.50. The zero-order valence-corrected chi connectivity index (χ0v) is 11.9. The van der Waals surface area contributed by atoms with Crippen LogP contribution in [0.15, 0.2) is 16.8 Å². The van der Waals surface area contributed by atoms with Gasteiger partial charge in [-0.2, -0.15) is 28.8 Å². The van der Waals surface area contributed by atoms with E-state index >= 15 is 0 Å². The summed E-state index contributed by atoms with van der Waals surface area (Å²) < 4.78 is 27.9. The fourth-order valence-corrected chi connectivity index (χ4v) is 3.97. The van der Waals surface area contributed by atoms with E-state index in [9.17, 15) is 13.2 Å². The third-order valence-corrected chi connectivity index (χ3v) is 5.36. The molecular weight excluding hydrogens is 288 g/mol. The lowest BCUT2D eigenvalue weighted by Gasteiger charge is -2.29. The van der Waals surface area contributed by atoms with Crippen molar-refractivity contribution in [1.29, 1.82) is 0 Å². The second-order valence-electron chi connectivity index (χ2n) is 4.49. The highest BCUT2D eigenvalue weighted by atomic mass is 32.2. The highest BCUT2D eigenvalue weighted by Crippen LogP contribution is 2.19. The van der Waals surface area contributed by atoms with Crippen LogP contribution in [0.5, 0.6) is 0 Å². The minimum absolute atomic E-state index is 0.0499. The van der Waals surface area contributed by atoms with E-state index in [2.05, 4.69) is 4.72 Å². The molecule has 0 amide bonds. The molecule has 1 aromatic rings. The summed E-state index contributed by atoms with van der Waals surface area (Å²) in [6, 6.07) is 1.85. The number of nitrogens with one attached hydrogen (secondary N) is 1. The van der Waals surface area contributed by atoms with Crippen molar-refractivity contribution < 1.29 is 18.3 Å². The summed E-state index contributed by atoms with van der Waals surface area (Å²) in [4.78, 5) is 10.9. The molecule has 0 spiro atoms. The Morgan fingerprint density at radius 3 is 3.00 bits per heavy atom. The molecule has 106 valence electrons. The molecule has 0 bridgehead atoms. The van der Waals surface area contributed by atoms with Gasteiger partial charge in [-0.3, -0.25) is 4.79 Å². The van der Waals surface area contributed by atoms with Crippen LogP contribution in [0.3, 0.4) is 0 Å². The SMILES string of the molecule is O=C(O)C1CCCN(S(=O)(=O)NCc2ccsc2)C1. The monoisotopic (exact) mass is 304 g/mol. The molecule has 1 saturated heterocycles. The predicted molar refractivity (Wildman–Crippen MR) is 72.0 cm³/mol. The number of carboxylic acid groups (broad SMARTS) is 1. The van der Waals surface area contributed by atoms with Crippen LogP contribution in [0.4, 0.5) is 0 Å². The predicted octanol–water partition coefficient (Wildman–Crippen LogP) is 0.879. The molecule has 0 aliphatic carbocycles. The van der Waals surface area contributed by atoms with Gasteiger partial charge in [0.2, 0.25) is 0 Å². The first-order valence-electron chi connectivity index (χ1n) is 5.97. The second kappa shape index (κ2) is 6.00. The Labute approximate surface area is 116 Å². The molecule has 2 rings (SSSR count). The number of piperidine rings is 1. The number of aliphatic carboxylic acids is 1. The van der Waals surface area contributed by atoms with Crippen LogP contribution in [0, 0.1) is 5.92 Å². The average molecular weight is 304 g/mol. The van der Waals surface area contributed by atoms with E-state index in [1.54, 1.807) is 0 Å². The standard InChI is InChI=1S/C11H16N2O4S2/c14-11(15)10-2-1-4-13(7-10)19(16,17)12-6-9-3-5-18-8-9/h3,5,8,10,12H,1-2,4,6-7H2,(H,14,15). The Kier molecular flexibility index (Phi) is 4.56. The maximum atomic E-state index is 12.1. The molecule has 2 N–H and O–H groups in total. The lowest BCUT2D eigenvalue weighted by atomic mass is 10.0. The van der Waals surface area contributed by atoms with Crippen molar-refractivity contribution in [3.05, 3.63) is 22.4 Å². The number of carboxylic acids is 1. The molecule has 2 heterocycles. The van der Waals surface area contributed by atoms with E-state index in [0.717, 1.165) is 5.56 Å². The van der Waals surface area contributed by atoms with Crippen LogP contribution in [0.2, 0.25) is 0 Å². The van der Waals surface area contributed by atoms with Gasteiger partial charge in [0.15, 0.2) is 0 Å². The topological polar surface area (TPSA) is 86.7 Å². The molecule has 1 aliphatic rings. The Hall–Kier alpha value is -0.960. The van der Waals surface area contributed by atoms with Gasteiger partial charge >= 0.3 is 5.97 Å². The van der Waals surface area contributed by atoms with Crippen LogP contribution >= 0.6 is 11.3 Å². The summed E-state index contributed by atoms with van der Waals surface area (Å²) in [5.74, 6) is -1.54. The fourth-order valence-electron chi connectivity index (χ4n) is 2.02. The molecule has 1 fully saturated rings. The summed E-state index contributed by atoms with van der Waals surface area (Å²) in [6.07, 6.45) is 1.11. The Bertz CT molecular complexity index is 527. The summed E-state index contributed by atoms with van der Waals surface area (Å²) in [5, 5.41) is 12.7. The molecule has 8 heteroatoms. The van der Waals surface area contributed by atoms with E-state index in [4.69, 9.17) is 5.11 Å². The number of carbonyl (C=O) groups is 1. The molecule has 1 aliphatic heterocycles. The van der Waals surface area contributed by atoms with E-state index in [0.29, 0.717) is 19.4 Å². The first-order chi connectivity index (χ1) is 8.99. The van der Waals surface area contributed by atoms with Crippen LogP contribution in [0.25, 0.3) is 0 Å². The van der Waals surface area contributed by atoms with E-state index in [1.807, 2.05) is 16.8 Å². The van der Waals surface area contributed by atoms with Crippen LogP contribution in [-0.4, -0.2) is 36.9 Å². The van der Waals surface area contributed by atoms with Crippen molar-refractivity contribution in [3.8, 4) is 0 Å². The maximum Gasteiger partial charge on any atom is 0.307 e. The zero-order valence-electron chi connectivity index (χ0n) is 10.3. The van der Waals surface area contributed by atoms with E-state index in [-0.39, 0.29) is 13.1 Å². The van der Waals surface area contributed by atoms with Crippen molar-refractivity contribution >= 4 is 27.5 Å². The number of hydrogen-bond donors (Lipinski definition) is 2. The lowest BCUT2D eigenvalue weighted by Crippen LogP contribution is -2.47. The van der Waals surface area contributed by atoms with Gasteiger partial charge in [0, 0.05) is 19.6 Å². The molecule has 0 saturated carbocycles. The van der Waals surface area contributed by atoms with Crippen molar-refractivity contribution in [3.63, 3.8) is 0 Å². The van der Waals surface area contributed by atoms with Crippen LogP contribution in [0.1, 0.15) is 18.4 Å². The van der Waals surface area contributed by atoms with Crippen molar-refractivity contribution in [2.75, 3.05) is 13.1 Å². The molecule has 0 radical (unpaired) electrons. The van der Waals surface area contributed by atoms with Gasteiger partial charge in [-0.1, -0.05) is 0 Å². The minimum Gasteiger partial charge on any atom is -0.481 e. The highest BCUT2D eigenvalue weighted by molar-refractivity contribution is 7.87. The third kappa shape index (κ3) is 3.75. The zero-order chi connectivity index (χ0) is 13.9. The molecule has 1 unspecified atom stereocenters. The summed E-state index contributed by atoms with van der Waals surface area (Å²) in [5.41, 5.74) is 0.903. The van der Waals surface area contributed by atoms with E-state index < -0.39 is 22.1 Å². The molecule has 1 atom stereocenters. The Balaban J connectivity index is 1.96. The Morgan fingerprint density at radius 2 is 2.37 bits per heavy atom. The first-order valence-corrected chi connectivity index (χ1v) is 8.36. The van der Waals surface area contributed by atoms with Gasteiger partial charge in [-0.15, -0.1) is 0 Å². The molecular formula is C11H16N2O4S2. The quantitative estimate of drug-likeness (QED) is 0.845. The molecule has 19 heavy (non-hydrogen) atoms. The highest BCUT2D eigenvalue weighted by Gasteiger charge is 2.31. The summed E-state index contributed by atoms with van der Waals surface area (Å²) in [7, 11) is -3.60. The molecule has 1 aromatic heterocycles. The number of hydrogen-bond acceptors (Lipinski definition) is 4. The summed E-state index contributed by atoms with van der Waals surface area (Å²) in [6.45, 7) is 0.664. The maximum absolute atomic E-state index is 12.1. The fraction of sp³-hybridized carbons (Fsp3) is 0.545.